The molecule has 6 nitrogen and oxygen atoms in total. The van der Waals surface area contributed by atoms with E-state index in [4.69, 9.17) is 10.2 Å². The summed E-state index contributed by atoms with van der Waals surface area (Å²) in [7, 11) is 0. The third kappa shape index (κ3) is 3.46. The lowest BCUT2D eigenvalue weighted by molar-refractivity contribution is -0.170. The van der Waals surface area contributed by atoms with Gasteiger partial charge in [0, 0.05) is 0 Å². The minimum absolute atomic E-state index is 0.133. The van der Waals surface area contributed by atoms with Gasteiger partial charge in [-0.25, -0.2) is 4.79 Å². The summed E-state index contributed by atoms with van der Waals surface area (Å²) < 4.78 is 37.3. The highest BCUT2D eigenvalue weighted by Gasteiger charge is 2.44. The van der Waals surface area contributed by atoms with Crippen molar-refractivity contribution >= 4 is 23.5 Å². The van der Waals surface area contributed by atoms with Crippen LogP contribution in [0.4, 0.5) is 18.9 Å². The fourth-order valence-electron chi connectivity index (χ4n) is 1.44. The van der Waals surface area contributed by atoms with Crippen LogP contribution in [-0.2, 0) is 9.59 Å². The van der Waals surface area contributed by atoms with Crippen LogP contribution in [0.2, 0.25) is 0 Å². The number of hydrogen-bond acceptors (Lipinski definition) is 3. The van der Waals surface area contributed by atoms with Gasteiger partial charge in [-0.2, -0.15) is 13.2 Å². The summed E-state index contributed by atoms with van der Waals surface area (Å²) in [6, 6.07) is 4.33. The van der Waals surface area contributed by atoms with Crippen LogP contribution in [-0.4, -0.2) is 40.8 Å². The Kier molecular flexibility index (Phi) is 4.33. The van der Waals surface area contributed by atoms with Gasteiger partial charge in [0.2, 0.25) is 0 Å². The Labute approximate surface area is 110 Å². The average Bonchev–Trinajstić information content (AvgIpc) is 2.33. The summed E-state index contributed by atoms with van der Waals surface area (Å²) in [5, 5.41) is 17.4. The summed E-state index contributed by atoms with van der Waals surface area (Å²) in [6.45, 7) is -1.30. The molecule has 0 atom stereocenters. The second-order valence-electron chi connectivity index (χ2n) is 3.61. The molecule has 0 aliphatic rings. The molecule has 0 spiro atoms. The first kappa shape index (κ1) is 15.5. The topological polar surface area (TPSA) is 94.9 Å². The number of carboxylic acids is 2. The molecular weight excluding hydrogens is 283 g/mol. The number of nitrogens with zero attached hydrogens (tertiary/aromatic N) is 1. The molecule has 0 fully saturated rings. The van der Waals surface area contributed by atoms with Crippen LogP contribution in [0.25, 0.3) is 0 Å². The maximum Gasteiger partial charge on any atom is 0.471 e. The number of carbonyl (C=O) groups is 3. The van der Waals surface area contributed by atoms with Gasteiger partial charge in [0.15, 0.2) is 0 Å². The van der Waals surface area contributed by atoms with Gasteiger partial charge in [-0.05, 0) is 12.1 Å². The van der Waals surface area contributed by atoms with Gasteiger partial charge in [-0.3, -0.25) is 14.5 Å². The number of anilines is 1. The molecule has 20 heavy (non-hydrogen) atoms. The number of carbonyl (C=O) groups excluding carboxylic acids is 1. The van der Waals surface area contributed by atoms with Crippen molar-refractivity contribution in [3.63, 3.8) is 0 Å². The standard InChI is InChI=1S/C11H8F3NO5/c12-11(13,14)10(20)15(5-8(16)17)7-4-2-1-3-6(7)9(18)19/h1-4H,5H2,(H,16,17)(H,18,19). The molecule has 0 aliphatic carbocycles. The third-order valence-corrected chi connectivity index (χ3v) is 2.21. The fourth-order valence-corrected chi connectivity index (χ4v) is 1.44. The monoisotopic (exact) mass is 291 g/mol. The zero-order chi connectivity index (χ0) is 15.5. The Morgan fingerprint density at radius 3 is 2.10 bits per heavy atom. The molecule has 0 unspecified atom stereocenters. The lowest BCUT2D eigenvalue weighted by Gasteiger charge is -2.23. The van der Waals surface area contributed by atoms with Gasteiger partial charge < -0.3 is 10.2 Å². The second kappa shape index (κ2) is 5.59. The van der Waals surface area contributed by atoms with Gasteiger partial charge in [0.05, 0.1) is 11.3 Å². The van der Waals surface area contributed by atoms with E-state index >= 15 is 0 Å². The van der Waals surface area contributed by atoms with Crippen molar-refractivity contribution in [2.75, 3.05) is 11.4 Å². The molecule has 108 valence electrons. The molecule has 0 radical (unpaired) electrons. The van der Waals surface area contributed by atoms with Gasteiger partial charge in [-0.15, -0.1) is 0 Å². The van der Waals surface area contributed by atoms with Crippen LogP contribution in [0.15, 0.2) is 24.3 Å². The highest BCUT2D eigenvalue weighted by atomic mass is 19.4. The van der Waals surface area contributed by atoms with Crippen molar-refractivity contribution in [1.29, 1.82) is 0 Å². The Bertz CT molecular complexity index is 555. The van der Waals surface area contributed by atoms with Crippen molar-refractivity contribution in [3.05, 3.63) is 29.8 Å². The number of amides is 1. The number of carboxylic acid groups (broad SMARTS) is 2. The van der Waals surface area contributed by atoms with Gasteiger partial charge in [-0.1, -0.05) is 12.1 Å². The van der Waals surface area contributed by atoms with Crippen LogP contribution in [0, 0.1) is 0 Å². The predicted octanol–water partition coefficient (Wildman–Crippen LogP) is 1.36. The van der Waals surface area contributed by atoms with Crippen molar-refractivity contribution < 1.29 is 37.8 Å². The highest BCUT2D eigenvalue weighted by molar-refractivity contribution is 6.05. The summed E-state index contributed by atoms with van der Waals surface area (Å²) in [5.41, 5.74) is -1.24. The van der Waals surface area contributed by atoms with Crippen molar-refractivity contribution in [1.82, 2.24) is 0 Å². The summed E-state index contributed by atoms with van der Waals surface area (Å²) in [5.74, 6) is -5.73. The van der Waals surface area contributed by atoms with E-state index in [2.05, 4.69) is 0 Å². The van der Waals surface area contributed by atoms with E-state index in [9.17, 15) is 27.6 Å². The Balaban J connectivity index is 3.35. The molecule has 1 aromatic rings. The number of aliphatic carboxylic acids is 1. The third-order valence-electron chi connectivity index (χ3n) is 2.21. The molecule has 1 amide bonds. The molecule has 1 rings (SSSR count). The van der Waals surface area contributed by atoms with E-state index in [1.54, 1.807) is 0 Å². The normalized spacial score (nSPS) is 10.9. The Morgan fingerprint density at radius 1 is 1.10 bits per heavy atom. The first-order valence-corrected chi connectivity index (χ1v) is 5.07. The van der Waals surface area contributed by atoms with E-state index in [1.165, 1.54) is 12.1 Å². The fraction of sp³-hybridized carbons (Fsp3) is 0.182. The second-order valence-corrected chi connectivity index (χ2v) is 3.61. The molecule has 0 bridgehead atoms. The number of alkyl halides is 3. The van der Waals surface area contributed by atoms with Crippen molar-refractivity contribution in [2.45, 2.75) is 6.18 Å². The Morgan fingerprint density at radius 2 is 1.65 bits per heavy atom. The number of rotatable bonds is 4. The van der Waals surface area contributed by atoms with Crippen LogP contribution in [0.1, 0.15) is 10.4 Å². The first-order valence-electron chi connectivity index (χ1n) is 5.07. The number of halogens is 3. The van der Waals surface area contributed by atoms with Crippen LogP contribution in [0.5, 0.6) is 0 Å². The van der Waals surface area contributed by atoms with E-state index in [-0.39, 0.29) is 4.90 Å². The first-order chi connectivity index (χ1) is 9.14. The largest absolute Gasteiger partial charge is 0.480 e. The highest BCUT2D eigenvalue weighted by Crippen LogP contribution is 2.26. The summed E-state index contributed by atoms with van der Waals surface area (Å²) in [4.78, 5) is 32.6. The predicted molar refractivity (Wildman–Crippen MR) is 59.4 cm³/mol. The van der Waals surface area contributed by atoms with Gasteiger partial charge in [0.1, 0.15) is 6.54 Å². The van der Waals surface area contributed by atoms with Gasteiger partial charge in [0.25, 0.3) is 0 Å². The van der Waals surface area contributed by atoms with E-state index in [0.717, 1.165) is 12.1 Å². The molecule has 2 N–H and O–H groups in total. The zero-order valence-corrected chi connectivity index (χ0v) is 9.72. The van der Waals surface area contributed by atoms with Crippen molar-refractivity contribution in [3.8, 4) is 0 Å². The molecule has 1 aromatic carbocycles. The number of hydrogen-bond donors (Lipinski definition) is 2. The minimum Gasteiger partial charge on any atom is -0.480 e. The lowest BCUT2D eigenvalue weighted by Crippen LogP contribution is -2.44. The molecule has 0 saturated heterocycles. The van der Waals surface area contributed by atoms with E-state index in [1.807, 2.05) is 0 Å². The average molecular weight is 291 g/mol. The molecule has 0 saturated carbocycles. The smallest absolute Gasteiger partial charge is 0.471 e. The van der Waals surface area contributed by atoms with Crippen LogP contribution in [0.3, 0.4) is 0 Å². The van der Waals surface area contributed by atoms with E-state index < -0.39 is 41.8 Å². The number of benzene rings is 1. The molecule has 0 aliphatic heterocycles. The zero-order valence-electron chi connectivity index (χ0n) is 9.72. The minimum atomic E-state index is -5.32. The lowest BCUT2D eigenvalue weighted by atomic mass is 10.1. The SMILES string of the molecule is O=C(O)CN(C(=O)C(F)(F)F)c1ccccc1C(=O)O. The summed E-state index contributed by atoms with van der Waals surface area (Å²) >= 11 is 0. The maximum absolute atomic E-state index is 12.4. The number of para-hydroxylation sites is 1. The Hall–Kier alpha value is -2.58. The summed E-state index contributed by atoms with van der Waals surface area (Å²) in [6.07, 6.45) is -5.32. The van der Waals surface area contributed by atoms with Crippen LogP contribution < -0.4 is 4.90 Å². The van der Waals surface area contributed by atoms with Gasteiger partial charge >= 0.3 is 24.0 Å². The van der Waals surface area contributed by atoms with E-state index in [0.29, 0.717) is 0 Å². The maximum atomic E-state index is 12.4. The van der Waals surface area contributed by atoms with Crippen LogP contribution >= 0.6 is 0 Å². The number of aromatic carboxylic acids is 1. The quantitative estimate of drug-likeness (QED) is 0.873. The molecule has 0 heterocycles. The molecule has 9 heteroatoms. The molecule has 0 aromatic heterocycles. The van der Waals surface area contributed by atoms with Crippen molar-refractivity contribution in [2.24, 2.45) is 0 Å². The molecular formula is C11H8F3NO5.